The van der Waals surface area contributed by atoms with Gasteiger partial charge in [-0.2, -0.15) is 0 Å². The molecule has 0 aliphatic rings. The number of carbonyl (C=O) groups excluding carboxylic acids is 1. The average Bonchev–Trinajstić information content (AvgIpc) is 2.53. The molecule has 0 aliphatic heterocycles. The molecule has 0 atom stereocenters. The second-order valence-corrected chi connectivity index (χ2v) is 6.64. The van der Waals surface area contributed by atoms with E-state index in [4.69, 9.17) is 9.88 Å². The smallest absolute Gasteiger partial charge is 0.238 e. The molecule has 128 valence electrons. The Morgan fingerprint density at radius 1 is 1.21 bits per heavy atom. The zero-order valence-corrected chi connectivity index (χ0v) is 13.8. The highest BCUT2D eigenvalue weighted by atomic mass is 32.2. The summed E-state index contributed by atoms with van der Waals surface area (Å²) in [6.07, 6.45) is 0.317. The molecule has 8 heteroatoms. The van der Waals surface area contributed by atoms with Crippen LogP contribution in [0, 0.1) is 5.82 Å². The van der Waals surface area contributed by atoms with Crippen molar-refractivity contribution in [2.24, 2.45) is 5.14 Å². The number of hydrogen-bond donors (Lipinski definition) is 2. The van der Waals surface area contributed by atoms with Crippen molar-refractivity contribution in [3.63, 3.8) is 0 Å². The van der Waals surface area contributed by atoms with Gasteiger partial charge in [0.15, 0.2) is 0 Å². The molecular formula is C16H17FN2O4S. The van der Waals surface area contributed by atoms with Crippen LogP contribution < -0.4 is 15.2 Å². The number of sulfonamides is 1. The summed E-state index contributed by atoms with van der Waals surface area (Å²) in [5.74, 6) is -0.330. The lowest BCUT2D eigenvalue weighted by Gasteiger charge is -2.07. The van der Waals surface area contributed by atoms with E-state index in [0.29, 0.717) is 17.0 Å². The number of primary sulfonamides is 1. The van der Waals surface area contributed by atoms with Crippen molar-refractivity contribution in [2.45, 2.75) is 17.7 Å². The molecule has 2 aromatic rings. The van der Waals surface area contributed by atoms with E-state index < -0.39 is 15.8 Å². The number of ether oxygens (including phenoxy) is 1. The lowest BCUT2D eigenvalue weighted by Crippen LogP contribution is -2.14. The molecule has 0 aromatic heterocycles. The van der Waals surface area contributed by atoms with Crippen molar-refractivity contribution in [3.05, 3.63) is 53.8 Å². The molecule has 0 heterocycles. The lowest BCUT2D eigenvalue weighted by molar-refractivity contribution is -0.116. The first kappa shape index (κ1) is 17.9. The summed E-state index contributed by atoms with van der Waals surface area (Å²) in [5, 5.41) is 7.61. The maximum atomic E-state index is 13.8. The van der Waals surface area contributed by atoms with Crippen molar-refractivity contribution in [1.29, 1.82) is 0 Å². The van der Waals surface area contributed by atoms with Gasteiger partial charge in [-0.15, -0.1) is 0 Å². The van der Waals surface area contributed by atoms with Gasteiger partial charge in [-0.05, 0) is 42.3 Å². The van der Waals surface area contributed by atoms with Crippen molar-refractivity contribution in [1.82, 2.24) is 0 Å². The SMILES string of the molecule is COc1ccc(CCC(=O)Nc2ccc(S(N)(=O)=O)cc2)c(F)c1. The molecule has 0 bridgehead atoms. The quantitative estimate of drug-likeness (QED) is 0.831. The van der Waals surface area contributed by atoms with E-state index >= 15 is 0 Å². The Morgan fingerprint density at radius 2 is 1.88 bits per heavy atom. The highest BCUT2D eigenvalue weighted by Gasteiger charge is 2.10. The van der Waals surface area contributed by atoms with Gasteiger partial charge in [-0.1, -0.05) is 6.07 Å². The predicted molar refractivity (Wildman–Crippen MR) is 87.7 cm³/mol. The maximum Gasteiger partial charge on any atom is 0.238 e. The summed E-state index contributed by atoms with van der Waals surface area (Å²) in [6, 6.07) is 9.93. The van der Waals surface area contributed by atoms with Gasteiger partial charge in [0, 0.05) is 18.2 Å². The number of benzene rings is 2. The molecule has 0 saturated heterocycles. The third kappa shape index (κ3) is 4.77. The number of nitrogens with one attached hydrogen (secondary N) is 1. The Kier molecular flexibility index (Phi) is 5.53. The van der Waals surface area contributed by atoms with E-state index in [0.717, 1.165) is 0 Å². The van der Waals surface area contributed by atoms with Crippen molar-refractivity contribution >= 4 is 21.6 Å². The molecule has 6 nitrogen and oxygen atoms in total. The van der Waals surface area contributed by atoms with Crippen LogP contribution in [0.4, 0.5) is 10.1 Å². The number of aryl methyl sites for hydroxylation is 1. The zero-order valence-electron chi connectivity index (χ0n) is 13.0. The molecule has 1 amide bonds. The van der Waals surface area contributed by atoms with E-state index in [1.807, 2.05) is 0 Å². The second-order valence-electron chi connectivity index (χ2n) is 5.07. The maximum absolute atomic E-state index is 13.8. The summed E-state index contributed by atoms with van der Waals surface area (Å²) >= 11 is 0. The first-order valence-corrected chi connectivity index (χ1v) is 8.59. The van der Waals surface area contributed by atoms with E-state index in [1.165, 1.54) is 37.4 Å². The summed E-state index contributed by atoms with van der Waals surface area (Å²) in [6.45, 7) is 0. The fraction of sp³-hybridized carbons (Fsp3) is 0.188. The number of anilines is 1. The van der Waals surface area contributed by atoms with Crippen LogP contribution in [0.15, 0.2) is 47.4 Å². The van der Waals surface area contributed by atoms with Crippen molar-refractivity contribution < 1.29 is 22.3 Å². The van der Waals surface area contributed by atoms with Crippen LogP contribution >= 0.6 is 0 Å². The number of nitrogens with two attached hydrogens (primary N) is 1. The van der Waals surface area contributed by atoms with Gasteiger partial charge in [-0.25, -0.2) is 17.9 Å². The minimum atomic E-state index is -3.77. The fourth-order valence-corrected chi connectivity index (χ4v) is 2.57. The molecule has 24 heavy (non-hydrogen) atoms. The van der Waals surface area contributed by atoms with Crippen LogP contribution in [-0.4, -0.2) is 21.4 Å². The standard InChI is InChI=1S/C16H17FN2O4S/c1-23-13-6-2-11(15(17)10-13)3-9-16(20)19-12-4-7-14(8-5-12)24(18,21)22/h2,4-8,10H,3,9H2,1H3,(H,19,20)(H2,18,21,22). The van der Waals surface area contributed by atoms with Crippen LogP contribution in [0.5, 0.6) is 5.75 Å². The third-order valence-corrected chi connectivity index (χ3v) is 4.28. The average molecular weight is 352 g/mol. The molecular weight excluding hydrogens is 335 g/mol. The second kappa shape index (κ2) is 7.41. The van der Waals surface area contributed by atoms with Gasteiger partial charge in [0.1, 0.15) is 11.6 Å². The molecule has 2 rings (SSSR count). The van der Waals surface area contributed by atoms with Crippen LogP contribution in [0.2, 0.25) is 0 Å². The van der Waals surface area contributed by atoms with Gasteiger partial charge in [0.25, 0.3) is 0 Å². The fourth-order valence-electron chi connectivity index (χ4n) is 2.06. The van der Waals surface area contributed by atoms with E-state index in [1.54, 1.807) is 12.1 Å². The van der Waals surface area contributed by atoms with E-state index in [2.05, 4.69) is 5.32 Å². The monoisotopic (exact) mass is 352 g/mol. The Hall–Kier alpha value is -2.45. The molecule has 2 aromatic carbocycles. The molecule has 0 aliphatic carbocycles. The van der Waals surface area contributed by atoms with Gasteiger partial charge >= 0.3 is 0 Å². The van der Waals surface area contributed by atoms with E-state index in [-0.39, 0.29) is 23.6 Å². The van der Waals surface area contributed by atoms with Crippen LogP contribution in [0.1, 0.15) is 12.0 Å². The van der Waals surface area contributed by atoms with Crippen LogP contribution in [0.25, 0.3) is 0 Å². The predicted octanol–water partition coefficient (Wildman–Crippen LogP) is 2.05. The Labute approximate surface area is 139 Å². The number of rotatable bonds is 6. The molecule has 0 unspecified atom stereocenters. The minimum Gasteiger partial charge on any atom is -0.497 e. The highest BCUT2D eigenvalue weighted by Crippen LogP contribution is 2.18. The largest absolute Gasteiger partial charge is 0.497 e. The molecule has 0 fully saturated rings. The van der Waals surface area contributed by atoms with Crippen LogP contribution in [0.3, 0.4) is 0 Å². The number of methoxy groups -OCH3 is 1. The van der Waals surface area contributed by atoms with Crippen LogP contribution in [-0.2, 0) is 21.2 Å². The number of amides is 1. The third-order valence-electron chi connectivity index (χ3n) is 3.35. The first-order chi connectivity index (χ1) is 11.3. The number of halogens is 1. The minimum absolute atomic E-state index is 0.0409. The van der Waals surface area contributed by atoms with Crippen molar-refractivity contribution in [3.8, 4) is 5.75 Å². The highest BCUT2D eigenvalue weighted by molar-refractivity contribution is 7.89. The summed E-state index contributed by atoms with van der Waals surface area (Å²) < 4.78 is 41.0. The topological polar surface area (TPSA) is 98.5 Å². The molecule has 3 N–H and O–H groups in total. The van der Waals surface area contributed by atoms with Gasteiger partial charge in [0.2, 0.25) is 15.9 Å². The Balaban J connectivity index is 1.94. The number of carbonyl (C=O) groups is 1. The summed E-state index contributed by atoms with van der Waals surface area (Å²) in [7, 11) is -2.32. The molecule has 0 saturated carbocycles. The van der Waals surface area contributed by atoms with E-state index in [9.17, 15) is 17.6 Å². The lowest BCUT2D eigenvalue weighted by atomic mass is 10.1. The number of hydrogen-bond acceptors (Lipinski definition) is 4. The van der Waals surface area contributed by atoms with Gasteiger partial charge < -0.3 is 10.1 Å². The van der Waals surface area contributed by atoms with Gasteiger partial charge in [-0.3, -0.25) is 4.79 Å². The van der Waals surface area contributed by atoms with Crippen molar-refractivity contribution in [2.75, 3.05) is 12.4 Å². The first-order valence-electron chi connectivity index (χ1n) is 7.05. The zero-order chi connectivity index (χ0) is 17.7. The Morgan fingerprint density at radius 3 is 2.42 bits per heavy atom. The molecule has 0 radical (unpaired) electrons. The molecule has 0 spiro atoms. The normalized spacial score (nSPS) is 11.1. The summed E-state index contributed by atoms with van der Waals surface area (Å²) in [4.78, 5) is 11.9. The Bertz CT molecular complexity index is 836. The van der Waals surface area contributed by atoms with Gasteiger partial charge in [0.05, 0.1) is 12.0 Å². The summed E-state index contributed by atoms with van der Waals surface area (Å²) in [5.41, 5.74) is 0.845.